The summed E-state index contributed by atoms with van der Waals surface area (Å²) in [7, 11) is 0. The van der Waals surface area contributed by atoms with E-state index in [9.17, 15) is 13.6 Å². The van der Waals surface area contributed by atoms with Gasteiger partial charge in [0.1, 0.15) is 0 Å². The van der Waals surface area contributed by atoms with E-state index in [1.807, 2.05) is 0 Å². The Morgan fingerprint density at radius 2 is 1.95 bits per heavy atom. The Bertz CT molecular complexity index is 487. The number of hydrogen-bond acceptors (Lipinski definition) is 1. The standard InChI is InChI=1S/C15H18BrF2NO/c16-10-15(7-2-1-3-8-15)19-13(20)9-11-5-4-6-12(17)14(11)18/h4-6H,1-3,7-10H2,(H,19,20). The van der Waals surface area contributed by atoms with E-state index in [0.29, 0.717) is 5.33 Å². The van der Waals surface area contributed by atoms with E-state index in [0.717, 1.165) is 31.7 Å². The van der Waals surface area contributed by atoms with Crippen LogP contribution in [0.5, 0.6) is 0 Å². The highest BCUT2D eigenvalue weighted by Gasteiger charge is 2.32. The molecule has 0 bridgehead atoms. The third-order valence-electron chi connectivity index (χ3n) is 3.85. The van der Waals surface area contributed by atoms with Crippen LogP contribution in [0.1, 0.15) is 37.7 Å². The Morgan fingerprint density at radius 3 is 2.60 bits per heavy atom. The Balaban J connectivity index is 2.03. The summed E-state index contributed by atoms with van der Waals surface area (Å²) in [5.74, 6) is -2.10. The molecule has 20 heavy (non-hydrogen) atoms. The van der Waals surface area contributed by atoms with Crippen LogP contribution in [0.15, 0.2) is 18.2 Å². The van der Waals surface area contributed by atoms with Crippen molar-refractivity contribution in [3.8, 4) is 0 Å². The predicted molar refractivity (Wildman–Crippen MR) is 77.8 cm³/mol. The van der Waals surface area contributed by atoms with Crippen LogP contribution in [-0.4, -0.2) is 16.8 Å². The van der Waals surface area contributed by atoms with Crippen LogP contribution >= 0.6 is 15.9 Å². The highest BCUT2D eigenvalue weighted by atomic mass is 79.9. The van der Waals surface area contributed by atoms with Crippen LogP contribution < -0.4 is 5.32 Å². The molecule has 1 aliphatic rings. The van der Waals surface area contributed by atoms with E-state index in [-0.39, 0.29) is 23.4 Å². The molecular weight excluding hydrogens is 328 g/mol. The summed E-state index contributed by atoms with van der Waals surface area (Å²) in [4.78, 5) is 12.1. The van der Waals surface area contributed by atoms with Crippen molar-refractivity contribution in [1.29, 1.82) is 0 Å². The van der Waals surface area contributed by atoms with Gasteiger partial charge in [-0.05, 0) is 18.9 Å². The molecule has 0 aliphatic heterocycles. The number of benzene rings is 1. The molecule has 0 unspecified atom stereocenters. The third kappa shape index (κ3) is 3.57. The lowest BCUT2D eigenvalue weighted by Crippen LogP contribution is -2.51. The van der Waals surface area contributed by atoms with Gasteiger partial charge in [-0.25, -0.2) is 8.78 Å². The second kappa shape index (κ2) is 6.66. The highest BCUT2D eigenvalue weighted by Crippen LogP contribution is 2.30. The van der Waals surface area contributed by atoms with Gasteiger partial charge in [0.05, 0.1) is 6.42 Å². The fourth-order valence-corrected chi connectivity index (χ4v) is 3.42. The first-order valence-corrected chi connectivity index (χ1v) is 7.98. The number of carbonyl (C=O) groups excluding carboxylic acids is 1. The molecule has 0 atom stereocenters. The number of carbonyl (C=O) groups is 1. The smallest absolute Gasteiger partial charge is 0.224 e. The number of rotatable bonds is 4. The first-order chi connectivity index (χ1) is 9.56. The normalized spacial score (nSPS) is 17.8. The van der Waals surface area contributed by atoms with Gasteiger partial charge in [0, 0.05) is 16.4 Å². The maximum Gasteiger partial charge on any atom is 0.224 e. The Morgan fingerprint density at radius 1 is 1.25 bits per heavy atom. The Labute approximate surface area is 126 Å². The van der Waals surface area contributed by atoms with Crippen LogP contribution in [0.3, 0.4) is 0 Å². The summed E-state index contributed by atoms with van der Waals surface area (Å²) in [6.07, 6.45) is 5.08. The molecule has 5 heteroatoms. The van der Waals surface area contributed by atoms with E-state index < -0.39 is 11.6 Å². The van der Waals surface area contributed by atoms with Crippen LogP contribution in [0.2, 0.25) is 0 Å². The molecule has 0 heterocycles. The molecule has 0 radical (unpaired) electrons. The summed E-state index contributed by atoms with van der Waals surface area (Å²) in [5, 5.41) is 3.69. The van der Waals surface area contributed by atoms with E-state index in [4.69, 9.17) is 0 Å². The van der Waals surface area contributed by atoms with E-state index in [1.54, 1.807) is 0 Å². The third-order valence-corrected chi connectivity index (χ3v) is 4.93. The summed E-state index contributed by atoms with van der Waals surface area (Å²) < 4.78 is 26.7. The van der Waals surface area contributed by atoms with E-state index in [2.05, 4.69) is 21.2 Å². The number of halogens is 3. The molecule has 2 rings (SSSR count). The lowest BCUT2D eigenvalue weighted by molar-refractivity contribution is -0.122. The zero-order valence-electron chi connectivity index (χ0n) is 11.2. The largest absolute Gasteiger partial charge is 0.350 e. The van der Waals surface area contributed by atoms with Crippen molar-refractivity contribution in [3.05, 3.63) is 35.4 Å². The molecule has 0 saturated heterocycles. The van der Waals surface area contributed by atoms with Crippen LogP contribution in [0.4, 0.5) is 8.78 Å². The van der Waals surface area contributed by atoms with E-state index >= 15 is 0 Å². The van der Waals surface area contributed by atoms with Gasteiger partial charge in [-0.1, -0.05) is 47.3 Å². The summed E-state index contributed by atoms with van der Waals surface area (Å²) in [6.45, 7) is 0. The summed E-state index contributed by atoms with van der Waals surface area (Å²) in [5.41, 5.74) is -0.137. The molecule has 110 valence electrons. The average molecular weight is 346 g/mol. The second-order valence-electron chi connectivity index (χ2n) is 5.41. The van der Waals surface area contributed by atoms with Crippen molar-refractivity contribution in [2.24, 2.45) is 0 Å². The topological polar surface area (TPSA) is 29.1 Å². The van der Waals surface area contributed by atoms with Gasteiger partial charge in [0.2, 0.25) is 5.91 Å². The molecule has 1 N–H and O–H groups in total. The minimum Gasteiger partial charge on any atom is -0.350 e. The van der Waals surface area contributed by atoms with Crippen molar-refractivity contribution in [1.82, 2.24) is 5.32 Å². The predicted octanol–water partition coefficient (Wildman–Crippen LogP) is 3.72. The molecular formula is C15H18BrF2NO. The van der Waals surface area contributed by atoms with E-state index in [1.165, 1.54) is 18.6 Å². The van der Waals surface area contributed by atoms with Gasteiger partial charge in [0.25, 0.3) is 0 Å². The van der Waals surface area contributed by atoms with Gasteiger partial charge in [0.15, 0.2) is 11.6 Å². The first kappa shape index (κ1) is 15.4. The SMILES string of the molecule is O=C(Cc1cccc(F)c1F)NC1(CBr)CCCCC1. The van der Waals surface area contributed by atoms with Crippen molar-refractivity contribution in [2.45, 2.75) is 44.1 Å². The van der Waals surface area contributed by atoms with Crippen molar-refractivity contribution >= 4 is 21.8 Å². The number of amides is 1. The molecule has 1 fully saturated rings. The second-order valence-corrected chi connectivity index (χ2v) is 5.97. The summed E-state index contributed by atoms with van der Waals surface area (Å²) in [6, 6.07) is 3.92. The zero-order chi connectivity index (χ0) is 14.6. The van der Waals surface area contributed by atoms with Gasteiger partial charge in [-0.3, -0.25) is 4.79 Å². The lowest BCUT2D eigenvalue weighted by Gasteiger charge is -2.36. The minimum absolute atomic E-state index is 0.100. The highest BCUT2D eigenvalue weighted by molar-refractivity contribution is 9.09. The number of nitrogens with one attached hydrogen (secondary N) is 1. The number of alkyl halides is 1. The van der Waals surface area contributed by atoms with Crippen molar-refractivity contribution in [2.75, 3.05) is 5.33 Å². The van der Waals surface area contributed by atoms with Crippen molar-refractivity contribution in [3.63, 3.8) is 0 Å². The van der Waals surface area contributed by atoms with Crippen LogP contribution in [0, 0.1) is 11.6 Å². The van der Waals surface area contributed by atoms with Crippen molar-refractivity contribution < 1.29 is 13.6 Å². The first-order valence-electron chi connectivity index (χ1n) is 6.86. The molecule has 1 aromatic rings. The molecule has 1 aliphatic carbocycles. The number of hydrogen-bond donors (Lipinski definition) is 1. The molecule has 2 nitrogen and oxygen atoms in total. The van der Waals surface area contributed by atoms with Gasteiger partial charge < -0.3 is 5.32 Å². The lowest BCUT2D eigenvalue weighted by atomic mass is 9.83. The monoisotopic (exact) mass is 345 g/mol. The Hall–Kier alpha value is -0.970. The van der Waals surface area contributed by atoms with Crippen LogP contribution in [0.25, 0.3) is 0 Å². The van der Waals surface area contributed by atoms with Gasteiger partial charge in [-0.2, -0.15) is 0 Å². The summed E-state index contributed by atoms with van der Waals surface area (Å²) >= 11 is 3.46. The van der Waals surface area contributed by atoms with Gasteiger partial charge >= 0.3 is 0 Å². The van der Waals surface area contributed by atoms with Crippen LogP contribution in [-0.2, 0) is 11.2 Å². The zero-order valence-corrected chi connectivity index (χ0v) is 12.8. The maximum atomic E-state index is 13.6. The van der Waals surface area contributed by atoms with Gasteiger partial charge in [-0.15, -0.1) is 0 Å². The fraction of sp³-hybridized carbons (Fsp3) is 0.533. The molecule has 1 saturated carbocycles. The molecule has 0 aromatic heterocycles. The average Bonchev–Trinajstić information content (AvgIpc) is 2.45. The molecule has 1 aromatic carbocycles. The quantitative estimate of drug-likeness (QED) is 0.828. The molecule has 0 spiro atoms. The minimum atomic E-state index is -0.931. The maximum absolute atomic E-state index is 13.6. The molecule has 1 amide bonds. The fourth-order valence-electron chi connectivity index (χ4n) is 2.72. The Kier molecular flexibility index (Phi) is 5.13.